The molecule has 0 radical (unpaired) electrons. The van der Waals surface area contributed by atoms with E-state index < -0.39 is 0 Å². The molecule has 1 unspecified atom stereocenters. The second-order valence-corrected chi connectivity index (χ2v) is 3.78. The van der Waals surface area contributed by atoms with Gasteiger partial charge in [-0.3, -0.25) is 0 Å². The van der Waals surface area contributed by atoms with E-state index in [2.05, 4.69) is 20.8 Å². The first-order valence-electron chi connectivity index (χ1n) is 4.70. The first-order chi connectivity index (χ1) is 5.96. The normalized spacial score (nSPS) is 15.0. The van der Waals surface area contributed by atoms with Gasteiger partial charge in [0.25, 0.3) is 0 Å². The summed E-state index contributed by atoms with van der Waals surface area (Å²) >= 11 is 0. The molecule has 0 aromatic heterocycles. The van der Waals surface area contributed by atoms with Gasteiger partial charge in [-0.2, -0.15) is 0 Å². The van der Waals surface area contributed by atoms with E-state index in [1.54, 1.807) is 14.2 Å². The van der Waals surface area contributed by atoms with Gasteiger partial charge in [-0.1, -0.05) is 6.92 Å². The molecule has 13 heavy (non-hydrogen) atoms. The van der Waals surface area contributed by atoms with Gasteiger partial charge >= 0.3 is 0 Å². The highest BCUT2D eigenvalue weighted by atomic mass is 16.7. The van der Waals surface area contributed by atoms with Crippen LogP contribution in [0.25, 0.3) is 0 Å². The molecule has 0 amide bonds. The van der Waals surface area contributed by atoms with Crippen molar-refractivity contribution in [3.8, 4) is 0 Å². The summed E-state index contributed by atoms with van der Waals surface area (Å²) in [7, 11) is 3.24. The monoisotopic (exact) mass is 190 g/mol. The Morgan fingerprint density at radius 2 is 1.62 bits per heavy atom. The van der Waals surface area contributed by atoms with Crippen molar-refractivity contribution in [2.24, 2.45) is 0 Å². The van der Waals surface area contributed by atoms with Gasteiger partial charge in [0, 0.05) is 14.2 Å². The Morgan fingerprint density at radius 3 is 1.92 bits per heavy atom. The summed E-state index contributed by atoms with van der Waals surface area (Å²) in [6, 6.07) is 0. The van der Waals surface area contributed by atoms with Crippen LogP contribution in [0.2, 0.25) is 0 Å². The lowest BCUT2D eigenvalue weighted by Crippen LogP contribution is -2.37. The molecule has 0 N–H and O–H groups in total. The smallest absolute Gasteiger partial charge is 0.182 e. The Bertz CT molecular complexity index is 130. The van der Waals surface area contributed by atoms with Gasteiger partial charge in [0.1, 0.15) is 6.10 Å². The van der Waals surface area contributed by atoms with E-state index in [0.29, 0.717) is 0 Å². The second-order valence-electron chi connectivity index (χ2n) is 3.78. The minimum Gasteiger partial charge on any atom is -0.367 e. The largest absolute Gasteiger partial charge is 0.367 e. The molecule has 0 aromatic carbocycles. The van der Waals surface area contributed by atoms with Crippen molar-refractivity contribution in [2.45, 2.75) is 52.1 Å². The van der Waals surface area contributed by atoms with E-state index in [-0.39, 0.29) is 18.0 Å². The highest BCUT2D eigenvalue weighted by Crippen LogP contribution is 2.18. The standard InChI is InChI=1S/C10H22O3/c1-7-10(3,4)13-8(2)9(11-5)12-6/h8-9H,7H2,1-6H3. The van der Waals surface area contributed by atoms with E-state index >= 15 is 0 Å². The average molecular weight is 190 g/mol. The zero-order valence-corrected chi connectivity index (χ0v) is 9.59. The zero-order valence-electron chi connectivity index (χ0n) is 9.59. The van der Waals surface area contributed by atoms with E-state index in [1.165, 1.54) is 0 Å². The summed E-state index contributed by atoms with van der Waals surface area (Å²) < 4.78 is 16.0. The summed E-state index contributed by atoms with van der Waals surface area (Å²) in [5.41, 5.74) is -0.116. The van der Waals surface area contributed by atoms with Crippen molar-refractivity contribution in [2.75, 3.05) is 14.2 Å². The molecule has 3 heteroatoms. The average Bonchev–Trinajstić information content (AvgIpc) is 2.06. The van der Waals surface area contributed by atoms with Gasteiger partial charge in [-0.25, -0.2) is 0 Å². The maximum absolute atomic E-state index is 5.78. The van der Waals surface area contributed by atoms with E-state index in [4.69, 9.17) is 14.2 Å². The lowest BCUT2D eigenvalue weighted by Gasteiger charge is -2.31. The first-order valence-corrected chi connectivity index (χ1v) is 4.70. The predicted octanol–water partition coefficient (Wildman–Crippen LogP) is 2.20. The number of hydrogen-bond donors (Lipinski definition) is 0. The molecular formula is C10H22O3. The van der Waals surface area contributed by atoms with Crippen LogP contribution in [-0.4, -0.2) is 32.2 Å². The fourth-order valence-electron chi connectivity index (χ4n) is 1.12. The van der Waals surface area contributed by atoms with Gasteiger partial charge in [0.05, 0.1) is 5.60 Å². The Labute approximate surface area is 81.4 Å². The molecule has 1 atom stereocenters. The fraction of sp³-hybridized carbons (Fsp3) is 1.00. The van der Waals surface area contributed by atoms with Crippen LogP contribution >= 0.6 is 0 Å². The SMILES string of the molecule is CCC(C)(C)OC(C)C(OC)OC. The quantitative estimate of drug-likeness (QED) is 0.601. The van der Waals surface area contributed by atoms with Crippen molar-refractivity contribution >= 4 is 0 Å². The zero-order chi connectivity index (χ0) is 10.5. The summed E-state index contributed by atoms with van der Waals surface area (Å²) in [5.74, 6) is 0. The minimum atomic E-state index is -0.286. The Hall–Kier alpha value is -0.120. The highest BCUT2D eigenvalue weighted by molar-refractivity contribution is 4.69. The molecule has 0 rings (SSSR count). The van der Waals surface area contributed by atoms with Crippen LogP contribution in [0.5, 0.6) is 0 Å². The van der Waals surface area contributed by atoms with Crippen molar-refractivity contribution in [1.29, 1.82) is 0 Å². The van der Waals surface area contributed by atoms with Crippen LogP contribution in [-0.2, 0) is 14.2 Å². The topological polar surface area (TPSA) is 27.7 Å². The van der Waals surface area contributed by atoms with Gasteiger partial charge in [0.15, 0.2) is 6.29 Å². The highest BCUT2D eigenvalue weighted by Gasteiger charge is 2.24. The molecule has 0 aliphatic carbocycles. The number of rotatable bonds is 6. The van der Waals surface area contributed by atoms with Gasteiger partial charge in [0.2, 0.25) is 0 Å². The molecule has 3 nitrogen and oxygen atoms in total. The number of hydrogen-bond acceptors (Lipinski definition) is 3. The molecule has 0 aliphatic rings. The molecule has 80 valence electrons. The van der Waals surface area contributed by atoms with E-state index in [1.807, 2.05) is 6.92 Å². The molecule has 0 bridgehead atoms. The second kappa shape index (κ2) is 5.58. The predicted molar refractivity (Wildman–Crippen MR) is 52.7 cm³/mol. The third-order valence-corrected chi connectivity index (χ3v) is 2.20. The number of ether oxygens (including phenoxy) is 3. The summed E-state index contributed by atoms with van der Waals surface area (Å²) in [4.78, 5) is 0. The van der Waals surface area contributed by atoms with Crippen LogP contribution in [0, 0.1) is 0 Å². The first kappa shape index (κ1) is 12.9. The molecule has 0 spiro atoms. The van der Waals surface area contributed by atoms with Crippen LogP contribution in [0.15, 0.2) is 0 Å². The Kier molecular flexibility index (Phi) is 5.53. The summed E-state index contributed by atoms with van der Waals surface area (Å²) in [6.07, 6.45) is 0.632. The van der Waals surface area contributed by atoms with Crippen LogP contribution < -0.4 is 0 Å². The van der Waals surface area contributed by atoms with E-state index in [0.717, 1.165) is 6.42 Å². The van der Waals surface area contributed by atoms with Crippen LogP contribution in [0.4, 0.5) is 0 Å². The van der Waals surface area contributed by atoms with Crippen molar-refractivity contribution in [3.05, 3.63) is 0 Å². The number of methoxy groups -OCH3 is 2. The van der Waals surface area contributed by atoms with E-state index in [9.17, 15) is 0 Å². The Balaban J connectivity index is 4.04. The summed E-state index contributed by atoms with van der Waals surface area (Å²) in [6.45, 7) is 8.17. The molecular weight excluding hydrogens is 168 g/mol. The summed E-state index contributed by atoms with van der Waals surface area (Å²) in [5, 5.41) is 0. The van der Waals surface area contributed by atoms with Gasteiger partial charge < -0.3 is 14.2 Å². The maximum Gasteiger partial charge on any atom is 0.182 e. The minimum absolute atomic E-state index is 0.0510. The van der Waals surface area contributed by atoms with Crippen molar-refractivity contribution in [3.63, 3.8) is 0 Å². The van der Waals surface area contributed by atoms with Crippen molar-refractivity contribution < 1.29 is 14.2 Å². The molecule has 0 aromatic rings. The molecule has 0 fully saturated rings. The van der Waals surface area contributed by atoms with Gasteiger partial charge in [-0.15, -0.1) is 0 Å². The molecule has 0 heterocycles. The van der Waals surface area contributed by atoms with Crippen LogP contribution in [0.1, 0.15) is 34.1 Å². The Morgan fingerprint density at radius 1 is 1.15 bits per heavy atom. The van der Waals surface area contributed by atoms with Crippen LogP contribution in [0.3, 0.4) is 0 Å². The van der Waals surface area contributed by atoms with Crippen molar-refractivity contribution in [1.82, 2.24) is 0 Å². The maximum atomic E-state index is 5.78. The molecule has 0 saturated carbocycles. The third-order valence-electron chi connectivity index (χ3n) is 2.20. The lowest BCUT2D eigenvalue weighted by atomic mass is 10.1. The third kappa shape index (κ3) is 4.60. The van der Waals surface area contributed by atoms with Gasteiger partial charge in [-0.05, 0) is 27.2 Å². The molecule has 0 aliphatic heterocycles. The lowest BCUT2D eigenvalue weighted by molar-refractivity contribution is -0.205. The molecule has 0 saturated heterocycles. The fourth-order valence-corrected chi connectivity index (χ4v) is 1.12.